The third-order valence-corrected chi connectivity index (χ3v) is 3.84. The number of pyridine rings is 1. The number of ether oxygens (including phenoxy) is 1. The lowest BCUT2D eigenvalue weighted by Crippen LogP contribution is -2.36. The minimum atomic E-state index is -0.338. The van der Waals surface area contributed by atoms with Gasteiger partial charge in [0.1, 0.15) is 11.6 Å². The number of hydrogen-bond acceptors (Lipinski definition) is 6. The zero-order valence-corrected chi connectivity index (χ0v) is 12.9. The van der Waals surface area contributed by atoms with E-state index >= 15 is 0 Å². The van der Waals surface area contributed by atoms with E-state index in [1.807, 2.05) is 12.1 Å². The second-order valence-electron chi connectivity index (χ2n) is 5.44. The molecule has 0 N–H and O–H groups in total. The van der Waals surface area contributed by atoms with E-state index in [4.69, 9.17) is 9.26 Å². The van der Waals surface area contributed by atoms with Gasteiger partial charge in [0.05, 0.1) is 18.8 Å². The Kier molecular flexibility index (Phi) is 3.92. The maximum absolute atomic E-state index is 13.3. The van der Waals surface area contributed by atoms with Crippen molar-refractivity contribution in [3.63, 3.8) is 0 Å². The van der Waals surface area contributed by atoms with E-state index in [-0.39, 0.29) is 5.82 Å². The molecule has 1 aliphatic heterocycles. The van der Waals surface area contributed by atoms with E-state index in [0.29, 0.717) is 30.5 Å². The number of rotatable bonds is 3. The van der Waals surface area contributed by atoms with Crippen LogP contribution in [0.2, 0.25) is 0 Å². The van der Waals surface area contributed by atoms with Gasteiger partial charge in [-0.15, -0.1) is 0 Å². The van der Waals surface area contributed by atoms with Crippen LogP contribution in [0, 0.1) is 5.82 Å². The second kappa shape index (κ2) is 6.37. The Balaban J connectivity index is 1.56. The van der Waals surface area contributed by atoms with Crippen LogP contribution in [0.5, 0.6) is 0 Å². The normalized spacial score (nSPS) is 14.8. The summed E-state index contributed by atoms with van der Waals surface area (Å²) in [6.45, 7) is 3.08. The van der Waals surface area contributed by atoms with Crippen LogP contribution in [0.1, 0.15) is 0 Å². The van der Waals surface area contributed by atoms with E-state index in [0.717, 1.165) is 24.5 Å². The molecule has 4 rings (SSSR count). The minimum absolute atomic E-state index is 0.338. The monoisotopic (exact) mass is 326 g/mol. The molecular formula is C17H15FN4O2. The molecule has 0 saturated carbocycles. The summed E-state index contributed by atoms with van der Waals surface area (Å²) in [4.78, 5) is 10.9. The molecule has 0 spiro atoms. The Bertz CT molecular complexity index is 829. The molecule has 122 valence electrons. The average molecular weight is 326 g/mol. The first kappa shape index (κ1) is 14.8. The first-order chi connectivity index (χ1) is 11.8. The van der Waals surface area contributed by atoms with Gasteiger partial charge in [0.2, 0.25) is 5.82 Å². The smallest absolute Gasteiger partial charge is 0.259 e. The maximum atomic E-state index is 13.3. The number of nitrogens with zero attached hydrogens (tertiary/aromatic N) is 4. The fourth-order valence-electron chi connectivity index (χ4n) is 2.58. The molecule has 1 fully saturated rings. The van der Waals surface area contributed by atoms with Gasteiger partial charge >= 0.3 is 0 Å². The van der Waals surface area contributed by atoms with Crippen molar-refractivity contribution >= 4 is 5.82 Å². The van der Waals surface area contributed by atoms with Gasteiger partial charge in [-0.05, 0) is 24.3 Å². The van der Waals surface area contributed by atoms with Crippen molar-refractivity contribution in [2.24, 2.45) is 0 Å². The molecule has 0 aliphatic carbocycles. The Morgan fingerprint density at radius 3 is 2.67 bits per heavy atom. The molecule has 0 radical (unpaired) electrons. The van der Waals surface area contributed by atoms with Gasteiger partial charge in [-0.1, -0.05) is 17.3 Å². The number of aromatic nitrogens is 3. The van der Waals surface area contributed by atoms with Gasteiger partial charge in [0.15, 0.2) is 0 Å². The Morgan fingerprint density at radius 2 is 1.92 bits per heavy atom. The number of hydrogen-bond donors (Lipinski definition) is 0. The molecule has 3 aromatic rings. The fraction of sp³-hybridized carbons (Fsp3) is 0.235. The highest BCUT2D eigenvalue weighted by molar-refractivity contribution is 5.60. The molecule has 0 unspecified atom stereocenters. The minimum Gasteiger partial charge on any atom is -0.378 e. The fourth-order valence-corrected chi connectivity index (χ4v) is 2.58. The molecule has 7 heteroatoms. The van der Waals surface area contributed by atoms with Crippen molar-refractivity contribution in [2.75, 3.05) is 31.2 Å². The number of anilines is 1. The second-order valence-corrected chi connectivity index (χ2v) is 5.44. The molecule has 1 aliphatic rings. The Labute approximate surface area is 137 Å². The molecule has 1 aromatic carbocycles. The van der Waals surface area contributed by atoms with Gasteiger partial charge in [-0.2, -0.15) is 4.98 Å². The zero-order valence-electron chi connectivity index (χ0n) is 12.9. The molecule has 1 saturated heterocycles. The van der Waals surface area contributed by atoms with Crippen molar-refractivity contribution in [1.29, 1.82) is 0 Å². The SMILES string of the molecule is Fc1cccc(-c2noc(-c3ccc(N4CCOCC4)nc3)n2)c1. The van der Waals surface area contributed by atoms with E-state index in [1.165, 1.54) is 12.1 Å². The van der Waals surface area contributed by atoms with Crippen LogP contribution in [0.25, 0.3) is 22.8 Å². The molecule has 24 heavy (non-hydrogen) atoms. The van der Waals surface area contributed by atoms with Crippen LogP contribution >= 0.6 is 0 Å². The first-order valence-corrected chi connectivity index (χ1v) is 7.68. The molecule has 3 heterocycles. The van der Waals surface area contributed by atoms with Crippen LogP contribution in [0.3, 0.4) is 0 Å². The summed E-state index contributed by atoms with van der Waals surface area (Å²) in [7, 11) is 0. The summed E-state index contributed by atoms with van der Waals surface area (Å²) in [5.74, 6) is 1.26. The molecule has 0 bridgehead atoms. The lowest BCUT2D eigenvalue weighted by molar-refractivity contribution is 0.122. The third kappa shape index (κ3) is 2.98. The Morgan fingerprint density at radius 1 is 1.04 bits per heavy atom. The highest BCUT2D eigenvalue weighted by Gasteiger charge is 2.14. The average Bonchev–Trinajstić information content (AvgIpc) is 3.13. The topological polar surface area (TPSA) is 64.3 Å². The molecule has 6 nitrogen and oxygen atoms in total. The van der Waals surface area contributed by atoms with Gasteiger partial charge in [0.25, 0.3) is 5.89 Å². The molecule has 0 amide bonds. The van der Waals surface area contributed by atoms with Gasteiger partial charge in [-0.25, -0.2) is 9.37 Å². The number of halogens is 1. The highest BCUT2D eigenvalue weighted by atomic mass is 19.1. The van der Waals surface area contributed by atoms with Crippen molar-refractivity contribution in [3.8, 4) is 22.8 Å². The predicted molar refractivity (Wildman–Crippen MR) is 86.0 cm³/mol. The van der Waals surface area contributed by atoms with Crippen LogP contribution in [0.15, 0.2) is 47.1 Å². The summed E-state index contributed by atoms with van der Waals surface area (Å²) in [6, 6.07) is 9.90. The van der Waals surface area contributed by atoms with E-state index < -0.39 is 0 Å². The summed E-state index contributed by atoms with van der Waals surface area (Å²) < 4.78 is 23.9. The van der Waals surface area contributed by atoms with Crippen LogP contribution in [0.4, 0.5) is 10.2 Å². The predicted octanol–water partition coefficient (Wildman–Crippen LogP) is 2.77. The van der Waals surface area contributed by atoms with E-state index in [2.05, 4.69) is 20.0 Å². The Hall–Kier alpha value is -2.80. The maximum Gasteiger partial charge on any atom is 0.259 e. The van der Waals surface area contributed by atoms with Crippen molar-refractivity contribution in [3.05, 3.63) is 48.4 Å². The molecular weight excluding hydrogens is 311 g/mol. The molecule has 0 atom stereocenters. The van der Waals surface area contributed by atoms with Gasteiger partial charge in [-0.3, -0.25) is 0 Å². The zero-order chi connectivity index (χ0) is 16.4. The first-order valence-electron chi connectivity index (χ1n) is 7.68. The largest absolute Gasteiger partial charge is 0.378 e. The molecule has 2 aromatic heterocycles. The van der Waals surface area contributed by atoms with Crippen molar-refractivity contribution in [1.82, 2.24) is 15.1 Å². The van der Waals surface area contributed by atoms with Crippen molar-refractivity contribution < 1.29 is 13.7 Å². The third-order valence-electron chi connectivity index (χ3n) is 3.84. The summed E-state index contributed by atoms with van der Waals surface area (Å²) in [5, 5.41) is 3.91. The van der Waals surface area contributed by atoms with Gasteiger partial charge in [0, 0.05) is 24.8 Å². The quantitative estimate of drug-likeness (QED) is 0.737. The van der Waals surface area contributed by atoms with Crippen LogP contribution in [-0.4, -0.2) is 41.4 Å². The summed E-state index contributed by atoms with van der Waals surface area (Å²) in [6.07, 6.45) is 1.70. The summed E-state index contributed by atoms with van der Waals surface area (Å²) in [5.41, 5.74) is 1.30. The van der Waals surface area contributed by atoms with Crippen molar-refractivity contribution in [2.45, 2.75) is 0 Å². The van der Waals surface area contributed by atoms with Gasteiger partial charge < -0.3 is 14.2 Å². The lowest BCUT2D eigenvalue weighted by Gasteiger charge is -2.27. The van der Waals surface area contributed by atoms with Crippen LogP contribution in [-0.2, 0) is 4.74 Å². The van der Waals surface area contributed by atoms with E-state index in [1.54, 1.807) is 18.3 Å². The van der Waals surface area contributed by atoms with E-state index in [9.17, 15) is 4.39 Å². The number of benzene rings is 1. The number of morpholine rings is 1. The standard InChI is InChI=1S/C17H15FN4O2/c18-14-3-1-2-12(10-14)16-20-17(24-21-16)13-4-5-15(19-11-13)22-6-8-23-9-7-22/h1-5,10-11H,6-9H2. The van der Waals surface area contributed by atoms with Crippen LogP contribution < -0.4 is 4.90 Å². The highest BCUT2D eigenvalue weighted by Crippen LogP contribution is 2.23. The lowest BCUT2D eigenvalue weighted by atomic mass is 10.2. The summed E-state index contributed by atoms with van der Waals surface area (Å²) >= 11 is 0.